The molecule has 0 aromatic heterocycles. The van der Waals surface area contributed by atoms with Crippen molar-refractivity contribution < 1.29 is 9.47 Å². The maximum atomic E-state index is 5.84. The van der Waals surface area contributed by atoms with Crippen LogP contribution >= 0.6 is 0 Å². The number of ether oxygens (including phenoxy) is 2. The minimum Gasteiger partial charge on any atom is -0.490 e. The van der Waals surface area contributed by atoms with Crippen LogP contribution in [0.25, 0.3) is 0 Å². The highest BCUT2D eigenvalue weighted by Crippen LogP contribution is 2.31. The normalized spacial score (nSPS) is 10.4. The van der Waals surface area contributed by atoms with Gasteiger partial charge >= 0.3 is 0 Å². The van der Waals surface area contributed by atoms with Crippen molar-refractivity contribution in [1.29, 1.82) is 0 Å². The summed E-state index contributed by atoms with van der Waals surface area (Å²) in [4.78, 5) is 0. The smallest absolute Gasteiger partial charge is 0.165 e. The van der Waals surface area contributed by atoms with E-state index in [4.69, 9.17) is 9.47 Å². The van der Waals surface area contributed by atoms with Gasteiger partial charge in [-0.25, -0.2) is 0 Å². The zero-order valence-electron chi connectivity index (χ0n) is 11.8. The van der Waals surface area contributed by atoms with E-state index >= 15 is 0 Å². The second-order valence-electron chi connectivity index (χ2n) is 4.20. The molecule has 1 N–H and O–H groups in total. The first-order chi connectivity index (χ1) is 8.83. The third kappa shape index (κ3) is 4.57. The number of para-hydroxylation sites is 1. The van der Waals surface area contributed by atoms with E-state index in [-0.39, 0.29) is 0 Å². The van der Waals surface area contributed by atoms with Crippen LogP contribution in [-0.4, -0.2) is 19.8 Å². The SMILES string of the molecule is CCCNCc1cccc(OCC)c1OCCC. The Balaban J connectivity index is 2.80. The minimum absolute atomic E-state index is 0.661. The van der Waals surface area contributed by atoms with E-state index < -0.39 is 0 Å². The Morgan fingerprint density at radius 1 is 1.06 bits per heavy atom. The summed E-state index contributed by atoms with van der Waals surface area (Å²) in [6.45, 7) is 9.50. The van der Waals surface area contributed by atoms with Gasteiger partial charge in [0.1, 0.15) is 0 Å². The first-order valence-corrected chi connectivity index (χ1v) is 6.91. The van der Waals surface area contributed by atoms with Gasteiger partial charge in [-0.15, -0.1) is 0 Å². The summed E-state index contributed by atoms with van der Waals surface area (Å²) in [5.74, 6) is 1.74. The summed E-state index contributed by atoms with van der Waals surface area (Å²) in [6.07, 6.45) is 2.14. The van der Waals surface area contributed by atoms with Gasteiger partial charge in [-0.05, 0) is 32.4 Å². The van der Waals surface area contributed by atoms with E-state index in [1.807, 2.05) is 19.1 Å². The Hall–Kier alpha value is -1.22. The molecule has 0 unspecified atom stereocenters. The van der Waals surface area contributed by atoms with Gasteiger partial charge in [-0.3, -0.25) is 0 Å². The lowest BCUT2D eigenvalue weighted by molar-refractivity contribution is 0.274. The second kappa shape index (κ2) is 8.81. The number of hydrogen-bond donors (Lipinski definition) is 1. The van der Waals surface area contributed by atoms with Gasteiger partial charge in [0.25, 0.3) is 0 Å². The fourth-order valence-electron chi connectivity index (χ4n) is 1.74. The van der Waals surface area contributed by atoms with Gasteiger partial charge < -0.3 is 14.8 Å². The lowest BCUT2D eigenvalue weighted by atomic mass is 10.2. The summed E-state index contributed by atoms with van der Waals surface area (Å²) in [5.41, 5.74) is 1.17. The van der Waals surface area contributed by atoms with Crippen LogP contribution in [0, 0.1) is 0 Å². The molecule has 0 saturated heterocycles. The molecular formula is C15H25NO2. The molecule has 0 spiro atoms. The molecular weight excluding hydrogens is 226 g/mol. The van der Waals surface area contributed by atoms with E-state index in [0.29, 0.717) is 6.61 Å². The number of nitrogens with one attached hydrogen (secondary N) is 1. The summed E-state index contributed by atoms with van der Waals surface area (Å²) < 4.78 is 11.5. The molecule has 0 fully saturated rings. The molecule has 0 bridgehead atoms. The molecule has 0 radical (unpaired) electrons. The van der Waals surface area contributed by atoms with Crippen molar-refractivity contribution in [3.63, 3.8) is 0 Å². The van der Waals surface area contributed by atoms with Gasteiger partial charge in [0, 0.05) is 12.1 Å². The standard InChI is InChI=1S/C15H25NO2/c1-4-10-16-12-13-8-7-9-14(17-6-3)15(13)18-11-5-2/h7-9,16H,4-6,10-12H2,1-3H3. The third-order valence-electron chi connectivity index (χ3n) is 2.55. The largest absolute Gasteiger partial charge is 0.490 e. The zero-order chi connectivity index (χ0) is 13.2. The Labute approximate surface area is 110 Å². The average molecular weight is 251 g/mol. The summed E-state index contributed by atoms with van der Waals surface area (Å²) >= 11 is 0. The van der Waals surface area contributed by atoms with Crippen LogP contribution in [0.1, 0.15) is 39.2 Å². The topological polar surface area (TPSA) is 30.5 Å². The first kappa shape index (κ1) is 14.8. The van der Waals surface area contributed by atoms with E-state index in [9.17, 15) is 0 Å². The minimum atomic E-state index is 0.661. The summed E-state index contributed by atoms with van der Waals surface area (Å²) in [7, 11) is 0. The summed E-state index contributed by atoms with van der Waals surface area (Å²) in [5, 5.41) is 3.40. The van der Waals surface area contributed by atoms with Crippen molar-refractivity contribution in [2.45, 2.75) is 40.2 Å². The van der Waals surface area contributed by atoms with Crippen LogP contribution in [0.4, 0.5) is 0 Å². The molecule has 3 nitrogen and oxygen atoms in total. The van der Waals surface area contributed by atoms with Crippen LogP contribution in [-0.2, 0) is 6.54 Å². The van der Waals surface area contributed by atoms with Crippen molar-refractivity contribution in [3.05, 3.63) is 23.8 Å². The second-order valence-corrected chi connectivity index (χ2v) is 4.20. The van der Waals surface area contributed by atoms with Crippen LogP contribution in [0.2, 0.25) is 0 Å². The molecule has 1 aromatic rings. The number of hydrogen-bond acceptors (Lipinski definition) is 3. The van der Waals surface area contributed by atoms with Gasteiger partial charge in [-0.2, -0.15) is 0 Å². The maximum Gasteiger partial charge on any atom is 0.165 e. The molecule has 1 rings (SSSR count). The Morgan fingerprint density at radius 3 is 2.56 bits per heavy atom. The lowest BCUT2D eigenvalue weighted by Crippen LogP contribution is -2.15. The van der Waals surface area contributed by atoms with Crippen LogP contribution in [0.15, 0.2) is 18.2 Å². The average Bonchev–Trinajstić information content (AvgIpc) is 2.38. The fourth-order valence-corrected chi connectivity index (χ4v) is 1.74. The fraction of sp³-hybridized carbons (Fsp3) is 0.600. The third-order valence-corrected chi connectivity index (χ3v) is 2.55. The van der Waals surface area contributed by atoms with Crippen molar-refractivity contribution in [2.24, 2.45) is 0 Å². The predicted octanol–water partition coefficient (Wildman–Crippen LogP) is 3.37. The quantitative estimate of drug-likeness (QED) is 0.683. The molecule has 0 aliphatic carbocycles. The highest BCUT2D eigenvalue weighted by Gasteiger charge is 2.10. The van der Waals surface area contributed by atoms with Crippen LogP contribution in [0.5, 0.6) is 11.5 Å². The van der Waals surface area contributed by atoms with E-state index in [2.05, 4.69) is 25.2 Å². The zero-order valence-corrected chi connectivity index (χ0v) is 11.8. The molecule has 3 heteroatoms. The van der Waals surface area contributed by atoms with Crippen LogP contribution in [0.3, 0.4) is 0 Å². The molecule has 0 heterocycles. The highest BCUT2D eigenvalue weighted by atomic mass is 16.5. The molecule has 0 saturated carbocycles. The maximum absolute atomic E-state index is 5.84. The van der Waals surface area contributed by atoms with Crippen molar-refractivity contribution >= 4 is 0 Å². The molecule has 102 valence electrons. The molecule has 0 atom stereocenters. The van der Waals surface area contributed by atoms with Crippen molar-refractivity contribution in [1.82, 2.24) is 5.32 Å². The van der Waals surface area contributed by atoms with E-state index in [1.165, 1.54) is 5.56 Å². The van der Waals surface area contributed by atoms with E-state index in [1.54, 1.807) is 0 Å². The van der Waals surface area contributed by atoms with Gasteiger partial charge in [-0.1, -0.05) is 26.0 Å². The van der Waals surface area contributed by atoms with Gasteiger partial charge in [0.05, 0.1) is 13.2 Å². The Morgan fingerprint density at radius 2 is 1.89 bits per heavy atom. The monoisotopic (exact) mass is 251 g/mol. The lowest BCUT2D eigenvalue weighted by Gasteiger charge is -2.16. The number of rotatable bonds is 9. The van der Waals surface area contributed by atoms with Gasteiger partial charge in [0.15, 0.2) is 11.5 Å². The summed E-state index contributed by atoms with van der Waals surface area (Å²) in [6, 6.07) is 6.08. The van der Waals surface area contributed by atoms with Crippen molar-refractivity contribution in [2.75, 3.05) is 19.8 Å². The molecule has 0 aliphatic heterocycles. The molecule has 18 heavy (non-hydrogen) atoms. The first-order valence-electron chi connectivity index (χ1n) is 6.91. The Kier molecular flexibility index (Phi) is 7.26. The molecule has 0 amide bonds. The van der Waals surface area contributed by atoms with Gasteiger partial charge in [0.2, 0.25) is 0 Å². The molecule has 0 aliphatic rings. The van der Waals surface area contributed by atoms with Crippen LogP contribution < -0.4 is 14.8 Å². The predicted molar refractivity (Wildman–Crippen MR) is 75.4 cm³/mol. The van der Waals surface area contributed by atoms with E-state index in [0.717, 1.165) is 44.0 Å². The van der Waals surface area contributed by atoms with Crippen molar-refractivity contribution in [3.8, 4) is 11.5 Å². The highest BCUT2D eigenvalue weighted by molar-refractivity contribution is 5.46. The molecule has 1 aromatic carbocycles. The number of benzene rings is 1. The Bertz CT molecular complexity index is 339.